The lowest BCUT2D eigenvalue weighted by atomic mass is 10.1. The molecule has 180 valence electrons. The van der Waals surface area contributed by atoms with E-state index in [1.165, 1.54) is 5.56 Å². The fourth-order valence-corrected chi connectivity index (χ4v) is 3.07. The number of rotatable bonds is 9. The highest BCUT2D eigenvalue weighted by Crippen LogP contribution is 2.25. The van der Waals surface area contributed by atoms with Gasteiger partial charge in [0.05, 0.1) is 6.04 Å². The summed E-state index contributed by atoms with van der Waals surface area (Å²) in [6, 6.07) is 9.57. The number of nitrogens with two attached hydrogens (primary N) is 1. The fourth-order valence-electron chi connectivity index (χ4n) is 3.07. The lowest BCUT2D eigenvalue weighted by Gasteiger charge is -2.28. The van der Waals surface area contributed by atoms with E-state index >= 15 is 0 Å². The molecule has 0 aliphatic rings. The highest BCUT2D eigenvalue weighted by molar-refractivity contribution is 5.98. The number of aryl methyl sites for hydroxylation is 3. The molecule has 10 heteroatoms. The van der Waals surface area contributed by atoms with Crippen molar-refractivity contribution in [2.24, 2.45) is 5.73 Å². The topological polar surface area (TPSA) is 174 Å². The van der Waals surface area contributed by atoms with Crippen molar-refractivity contribution in [2.45, 2.75) is 51.9 Å². The summed E-state index contributed by atoms with van der Waals surface area (Å²) in [5.41, 5.74) is 10.2. The van der Waals surface area contributed by atoms with E-state index in [1.54, 1.807) is 13.1 Å². The summed E-state index contributed by atoms with van der Waals surface area (Å²) in [4.78, 5) is 38.1. The van der Waals surface area contributed by atoms with E-state index in [0.717, 1.165) is 29.7 Å². The zero-order chi connectivity index (χ0) is 25.1. The van der Waals surface area contributed by atoms with Crippen molar-refractivity contribution in [1.29, 1.82) is 0 Å². The van der Waals surface area contributed by atoms with E-state index in [4.69, 9.17) is 26.2 Å². The molecule has 2 aromatic rings. The molecule has 1 aromatic carbocycles. The summed E-state index contributed by atoms with van der Waals surface area (Å²) in [6.45, 7) is 6.46. The average molecular weight is 462 g/mol. The van der Waals surface area contributed by atoms with E-state index in [0.29, 0.717) is 6.54 Å². The van der Waals surface area contributed by atoms with Crippen molar-refractivity contribution in [3.05, 3.63) is 59.4 Å². The summed E-state index contributed by atoms with van der Waals surface area (Å²) in [5, 5.41) is 32.5. The van der Waals surface area contributed by atoms with Crippen molar-refractivity contribution in [3.63, 3.8) is 0 Å². The van der Waals surface area contributed by atoms with E-state index in [-0.39, 0.29) is 5.91 Å². The van der Waals surface area contributed by atoms with Crippen molar-refractivity contribution >= 4 is 23.5 Å². The number of para-hydroxylation sites is 1. The van der Waals surface area contributed by atoms with Crippen LogP contribution in [-0.4, -0.2) is 68.1 Å². The number of pyridine rings is 1. The summed E-state index contributed by atoms with van der Waals surface area (Å²) < 4.78 is 0. The maximum atomic E-state index is 12.6. The summed E-state index contributed by atoms with van der Waals surface area (Å²) in [7, 11) is 0. The predicted octanol–water partition coefficient (Wildman–Crippen LogP) is 0.889. The van der Waals surface area contributed by atoms with Gasteiger partial charge in [0.25, 0.3) is 0 Å². The van der Waals surface area contributed by atoms with E-state index in [9.17, 15) is 14.4 Å². The van der Waals surface area contributed by atoms with Gasteiger partial charge in [-0.2, -0.15) is 0 Å². The number of hydrogen-bond acceptors (Lipinski definition) is 7. The quantitative estimate of drug-likeness (QED) is 0.363. The SMILES string of the molecule is Cc1cccc(C)c1N(CCCc1cccnc1)C(=O)[C@@H](C)N.O=C(O)[C@@H](O)[C@@H](O)C(=O)O. The normalized spacial score (nSPS) is 13.2. The van der Waals surface area contributed by atoms with Gasteiger partial charge in [0.2, 0.25) is 5.91 Å². The highest BCUT2D eigenvalue weighted by atomic mass is 16.4. The third kappa shape index (κ3) is 8.60. The van der Waals surface area contributed by atoms with E-state index < -0.39 is 30.2 Å². The summed E-state index contributed by atoms with van der Waals surface area (Å²) >= 11 is 0. The number of amides is 1. The largest absolute Gasteiger partial charge is 0.479 e. The number of carboxylic acids is 2. The Morgan fingerprint density at radius 3 is 1.97 bits per heavy atom. The van der Waals surface area contributed by atoms with E-state index in [1.807, 2.05) is 49.2 Å². The van der Waals surface area contributed by atoms with Crippen LogP contribution in [0.15, 0.2) is 42.7 Å². The van der Waals surface area contributed by atoms with Gasteiger partial charge in [0.15, 0.2) is 12.2 Å². The number of benzene rings is 1. The molecule has 1 heterocycles. The summed E-state index contributed by atoms with van der Waals surface area (Å²) in [6.07, 6.45) is 0.873. The first kappa shape index (κ1) is 27.7. The number of carboxylic acid groups (broad SMARTS) is 2. The number of anilines is 1. The Morgan fingerprint density at radius 2 is 1.55 bits per heavy atom. The molecule has 33 heavy (non-hydrogen) atoms. The van der Waals surface area contributed by atoms with Crippen molar-refractivity contribution in [3.8, 4) is 0 Å². The van der Waals surface area contributed by atoms with Gasteiger partial charge in [-0.05, 0) is 56.4 Å². The van der Waals surface area contributed by atoms with Gasteiger partial charge in [-0.15, -0.1) is 0 Å². The number of aliphatic hydroxyl groups excluding tert-OH is 2. The molecule has 0 saturated carbocycles. The van der Waals surface area contributed by atoms with Crippen molar-refractivity contribution < 1.29 is 34.8 Å². The second kappa shape index (κ2) is 13.3. The van der Waals surface area contributed by atoms with Crippen LogP contribution < -0.4 is 10.6 Å². The van der Waals surface area contributed by atoms with Gasteiger partial charge >= 0.3 is 11.9 Å². The number of aliphatic carboxylic acids is 2. The lowest BCUT2D eigenvalue weighted by Crippen LogP contribution is -2.43. The summed E-state index contributed by atoms with van der Waals surface area (Å²) in [5.74, 6) is -3.57. The smallest absolute Gasteiger partial charge is 0.335 e. The number of nitrogens with zero attached hydrogens (tertiary/aromatic N) is 2. The van der Waals surface area contributed by atoms with Crippen LogP contribution in [0, 0.1) is 13.8 Å². The molecule has 0 aliphatic carbocycles. The van der Waals surface area contributed by atoms with Crippen LogP contribution in [0.5, 0.6) is 0 Å². The van der Waals surface area contributed by atoms with Crippen molar-refractivity contribution in [1.82, 2.24) is 4.98 Å². The fraction of sp³-hybridized carbons (Fsp3) is 0.391. The molecule has 0 radical (unpaired) electrons. The van der Waals surface area contributed by atoms with Gasteiger partial charge in [-0.1, -0.05) is 24.3 Å². The monoisotopic (exact) mass is 461 g/mol. The van der Waals surface area contributed by atoms with Gasteiger partial charge < -0.3 is 31.1 Å². The number of hydrogen-bond donors (Lipinski definition) is 5. The molecular formula is C23H31N3O7. The first-order valence-electron chi connectivity index (χ1n) is 10.3. The maximum Gasteiger partial charge on any atom is 0.335 e. The zero-order valence-corrected chi connectivity index (χ0v) is 18.9. The Kier molecular flexibility index (Phi) is 11.1. The van der Waals surface area contributed by atoms with Crippen LogP contribution in [-0.2, 0) is 20.8 Å². The first-order chi connectivity index (χ1) is 15.5. The van der Waals surface area contributed by atoms with Gasteiger partial charge in [-0.25, -0.2) is 9.59 Å². The number of carbonyl (C=O) groups excluding carboxylic acids is 1. The van der Waals surface area contributed by atoms with Gasteiger partial charge in [0.1, 0.15) is 0 Å². The molecule has 0 spiro atoms. The van der Waals surface area contributed by atoms with Gasteiger partial charge in [0, 0.05) is 24.6 Å². The molecule has 0 bridgehead atoms. The Labute approximate surface area is 192 Å². The maximum absolute atomic E-state index is 12.6. The van der Waals surface area contributed by atoms with Crippen LogP contribution in [0.2, 0.25) is 0 Å². The number of aromatic nitrogens is 1. The zero-order valence-electron chi connectivity index (χ0n) is 18.9. The Balaban J connectivity index is 0.000000461. The molecule has 0 unspecified atom stereocenters. The standard InChI is InChI=1S/C19H25N3O.C4H6O6/c1-14-7-4-8-15(2)18(14)22(19(23)16(3)20)12-6-10-17-9-5-11-21-13-17;5-1(3(7)8)2(6)4(9)10/h4-5,7-9,11,13,16H,6,10,12,20H2,1-3H3;1-2,5-6H,(H,7,8)(H,9,10)/t16-;1-,2+/m1./s1. The third-order valence-electron chi connectivity index (χ3n) is 4.74. The van der Waals surface area contributed by atoms with Gasteiger partial charge in [-0.3, -0.25) is 9.78 Å². The molecule has 0 aliphatic heterocycles. The third-order valence-corrected chi connectivity index (χ3v) is 4.74. The van der Waals surface area contributed by atoms with E-state index in [2.05, 4.69) is 11.1 Å². The highest BCUT2D eigenvalue weighted by Gasteiger charge is 2.29. The second-order valence-electron chi connectivity index (χ2n) is 7.55. The Hall–Kier alpha value is -3.34. The molecular weight excluding hydrogens is 430 g/mol. The number of carbonyl (C=O) groups is 3. The molecule has 0 fully saturated rings. The van der Waals surface area contributed by atoms with Crippen LogP contribution >= 0.6 is 0 Å². The van der Waals surface area contributed by atoms with Crippen LogP contribution in [0.25, 0.3) is 0 Å². The molecule has 1 aromatic heterocycles. The molecule has 2 rings (SSSR count). The lowest BCUT2D eigenvalue weighted by molar-refractivity contribution is -0.165. The Bertz CT molecular complexity index is 897. The minimum atomic E-state index is -2.27. The first-order valence-corrected chi connectivity index (χ1v) is 10.3. The molecule has 6 N–H and O–H groups in total. The van der Waals surface area contributed by atoms with Crippen LogP contribution in [0.4, 0.5) is 5.69 Å². The molecule has 1 amide bonds. The minimum Gasteiger partial charge on any atom is -0.479 e. The van der Waals surface area contributed by atoms with Crippen LogP contribution in [0.3, 0.4) is 0 Å². The van der Waals surface area contributed by atoms with Crippen molar-refractivity contribution in [2.75, 3.05) is 11.4 Å². The molecule has 10 nitrogen and oxygen atoms in total. The van der Waals surface area contributed by atoms with Crippen LogP contribution in [0.1, 0.15) is 30.0 Å². The molecule has 3 atom stereocenters. The Morgan fingerprint density at radius 1 is 1.00 bits per heavy atom. The second-order valence-corrected chi connectivity index (χ2v) is 7.55. The minimum absolute atomic E-state index is 0.0337. The molecule has 0 saturated heterocycles. The number of aliphatic hydroxyl groups is 2. The predicted molar refractivity (Wildman–Crippen MR) is 122 cm³/mol. The average Bonchev–Trinajstić information content (AvgIpc) is 2.77.